The number of hydrogen-bond acceptors (Lipinski definition) is 6. The highest BCUT2D eigenvalue weighted by Crippen LogP contribution is 2.44. The van der Waals surface area contributed by atoms with Crippen molar-refractivity contribution in [3.8, 4) is 11.1 Å². The molecule has 2 aromatic rings. The molecule has 2 aromatic carbocycles. The van der Waals surface area contributed by atoms with E-state index in [1.807, 2.05) is 36.4 Å². The van der Waals surface area contributed by atoms with Gasteiger partial charge < -0.3 is 20.0 Å². The summed E-state index contributed by atoms with van der Waals surface area (Å²) < 4.78 is 5.49. The van der Waals surface area contributed by atoms with Crippen LogP contribution in [0.3, 0.4) is 0 Å². The number of hydrogen-bond donors (Lipinski definition) is 3. The third kappa shape index (κ3) is 13.1. The van der Waals surface area contributed by atoms with Gasteiger partial charge in [0.15, 0.2) is 0 Å². The minimum absolute atomic E-state index is 0.0952. The summed E-state index contributed by atoms with van der Waals surface area (Å²) in [6.07, 6.45) is 18.5. The number of benzene rings is 2. The smallest absolute Gasteiger partial charge is 0.407 e. The van der Waals surface area contributed by atoms with E-state index in [9.17, 15) is 19.5 Å². The van der Waals surface area contributed by atoms with Crippen molar-refractivity contribution in [2.45, 2.75) is 115 Å². The van der Waals surface area contributed by atoms with Crippen molar-refractivity contribution in [2.75, 3.05) is 13.2 Å². The summed E-state index contributed by atoms with van der Waals surface area (Å²) in [5.74, 6) is -1.49. The van der Waals surface area contributed by atoms with Crippen LogP contribution in [0.15, 0.2) is 60.7 Å². The topological polar surface area (TPSA) is 114 Å². The quantitative estimate of drug-likeness (QED) is 0.0649. The molecule has 0 aromatic heterocycles. The van der Waals surface area contributed by atoms with Crippen molar-refractivity contribution >= 4 is 18.0 Å². The van der Waals surface area contributed by atoms with E-state index in [1.54, 1.807) is 0 Å². The van der Waals surface area contributed by atoms with Crippen molar-refractivity contribution < 1.29 is 29.1 Å². The Balaban J connectivity index is 1.20. The maximum Gasteiger partial charge on any atom is 0.407 e. The van der Waals surface area contributed by atoms with Crippen molar-refractivity contribution in [1.29, 1.82) is 0 Å². The largest absolute Gasteiger partial charge is 0.480 e. The lowest BCUT2D eigenvalue weighted by Crippen LogP contribution is -2.41. The Morgan fingerprint density at radius 3 is 2.02 bits per heavy atom. The average Bonchev–Trinajstić information content (AvgIpc) is 3.36. The average molecular weight is 621 g/mol. The number of allylic oxidation sites excluding steroid dienone is 2. The minimum Gasteiger partial charge on any atom is -0.480 e. The Morgan fingerprint density at radius 1 is 0.800 bits per heavy atom. The van der Waals surface area contributed by atoms with Gasteiger partial charge in [0.2, 0.25) is 0 Å². The number of carboxylic acid groups (broad SMARTS) is 1. The van der Waals surface area contributed by atoms with Crippen LogP contribution in [0.2, 0.25) is 0 Å². The second-order valence-corrected chi connectivity index (χ2v) is 11.9. The molecule has 0 fully saturated rings. The molecule has 1 aliphatic rings. The van der Waals surface area contributed by atoms with Gasteiger partial charge in [0.05, 0.1) is 0 Å². The first-order valence-electron chi connectivity index (χ1n) is 16.9. The first kappa shape index (κ1) is 35.8. The molecule has 45 heavy (non-hydrogen) atoms. The molecule has 8 nitrogen and oxygen atoms in total. The van der Waals surface area contributed by atoms with Crippen LogP contribution in [0, 0.1) is 0 Å². The van der Waals surface area contributed by atoms with Crippen LogP contribution < -0.4 is 10.8 Å². The van der Waals surface area contributed by atoms with Crippen LogP contribution in [0.5, 0.6) is 0 Å². The molecule has 246 valence electrons. The number of carbonyl (C=O) groups excluding carboxylic acids is 2. The van der Waals surface area contributed by atoms with Crippen LogP contribution in [0.25, 0.3) is 11.1 Å². The monoisotopic (exact) mass is 620 g/mol. The summed E-state index contributed by atoms with van der Waals surface area (Å²) in [7, 11) is 0. The second-order valence-electron chi connectivity index (χ2n) is 11.9. The molecule has 0 spiro atoms. The number of nitrogens with one attached hydrogen (secondary N) is 2. The van der Waals surface area contributed by atoms with E-state index < -0.39 is 18.1 Å². The Morgan fingerprint density at radius 2 is 1.40 bits per heavy atom. The summed E-state index contributed by atoms with van der Waals surface area (Å²) in [4.78, 5) is 41.3. The summed E-state index contributed by atoms with van der Waals surface area (Å²) in [6, 6.07) is 15.0. The highest BCUT2D eigenvalue weighted by molar-refractivity contribution is 5.81. The second kappa shape index (κ2) is 21.2. The molecule has 1 amide bonds. The van der Waals surface area contributed by atoms with Crippen LogP contribution in [-0.4, -0.2) is 42.3 Å². The third-order valence-electron chi connectivity index (χ3n) is 8.28. The molecule has 0 radical (unpaired) electrons. The van der Waals surface area contributed by atoms with Crippen molar-refractivity contribution in [3.63, 3.8) is 0 Å². The SMILES string of the molecule is CCCCCCC/C=C/CCCCCCC(=O)ONCCCC[C@H](NC(=O)OCC1c2ccccc2-c2ccccc21)C(=O)O. The van der Waals surface area contributed by atoms with Gasteiger partial charge in [-0.2, -0.15) is 5.48 Å². The number of amides is 1. The van der Waals surface area contributed by atoms with Gasteiger partial charge in [-0.1, -0.05) is 106 Å². The van der Waals surface area contributed by atoms with Gasteiger partial charge in [-0.25, -0.2) is 9.59 Å². The summed E-state index contributed by atoms with van der Waals surface area (Å²) in [5.41, 5.74) is 7.12. The highest BCUT2D eigenvalue weighted by Gasteiger charge is 2.29. The number of hydroxylamine groups is 1. The van der Waals surface area contributed by atoms with E-state index in [0.29, 0.717) is 25.8 Å². The van der Waals surface area contributed by atoms with Crippen molar-refractivity contribution in [3.05, 3.63) is 71.8 Å². The van der Waals surface area contributed by atoms with Crippen molar-refractivity contribution in [1.82, 2.24) is 10.8 Å². The number of rotatable bonds is 23. The molecule has 0 bridgehead atoms. The van der Waals surface area contributed by atoms with Gasteiger partial charge in [-0.05, 0) is 73.6 Å². The number of ether oxygens (including phenoxy) is 1. The van der Waals surface area contributed by atoms with Crippen LogP contribution >= 0.6 is 0 Å². The molecule has 0 saturated heterocycles. The molecular formula is C37H52N2O6. The zero-order valence-corrected chi connectivity index (χ0v) is 26.9. The van der Waals surface area contributed by atoms with E-state index in [4.69, 9.17) is 9.57 Å². The molecule has 1 atom stereocenters. The maximum absolute atomic E-state index is 12.5. The van der Waals surface area contributed by atoms with Crippen molar-refractivity contribution in [2.24, 2.45) is 0 Å². The van der Waals surface area contributed by atoms with Gasteiger partial charge in [0.25, 0.3) is 0 Å². The number of carboxylic acids is 1. The lowest BCUT2D eigenvalue weighted by atomic mass is 9.98. The fourth-order valence-electron chi connectivity index (χ4n) is 5.75. The third-order valence-corrected chi connectivity index (χ3v) is 8.28. The summed E-state index contributed by atoms with van der Waals surface area (Å²) in [5, 5.41) is 12.1. The molecule has 0 saturated carbocycles. The standard InChI is InChI=1S/C37H52N2O6/c1-2-3-4-5-6-7-8-9-10-11-12-13-14-26-35(40)45-38-27-20-19-25-34(36(41)42)39-37(43)44-28-33-31-23-17-15-21-29(31)30-22-16-18-24-32(30)33/h8-9,15-18,21-24,33-34,38H,2-7,10-14,19-20,25-28H2,1H3,(H,39,43)(H,41,42)/b9-8+/t34-/m0/s1. The first-order chi connectivity index (χ1) is 22.0. The van der Waals surface area contributed by atoms with E-state index in [-0.39, 0.29) is 24.9 Å². The molecule has 0 unspecified atom stereocenters. The Bertz CT molecular complexity index is 1170. The summed E-state index contributed by atoms with van der Waals surface area (Å²) >= 11 is 0. The van der Waals surface area contributed by atoms with Gasteiger partial charge >= 0.3 is 18.0 Å². The minimum atomic E-state index is -1.11. The normalized spacial score (nSPS) is 12.9. The molecule has 0 aliphatic heterocycles. The number of carbonyl (C=O) groups is 3. The predicted octanol–water partition coefficient (Wildman–Crippen LogP) is 8.45. The number of alkyl carbamates (subject to hydrolysis) is 1. The predicted molar refractivity (Wildman–Crippen MR) is 178 cm³/mol. The lowest BCUT2D eigenvalue weighted by molar-refractivity contribution is -0.151. The lowest BCUT2D eigenvalue weighted by Gasteiger charge is -2.17. The Hall–Kier alpha value is -3.65. The molecule has 8 heteroatoms. The van der Waals surface area contributed by atoms with E-state index in [2.05, 4.69) is 42.0 Å². The van der Waals surface area contributed by atoms with E-state index in [0.717, 1.165) is 54.4 Å². The fourth-order valence-corrected chi connectivity index (χ4v) is 5.75. The summed E-state index contributed by atoms with van der Waals surface area (Å²) in [6.45, 7) is 2.77. The molecule has 0 heterocycles. The Kier molecular flexibility index (Phi) is 16.8. The van der Waals surface area contributed by atoms with Gasteiger partial charge in [-0.3, -0.25) is 4.79 Å². The van der Waals surface area contributed by atoms with Crippen LogP contribution in [-0.2, 0) is 19.2 Å². The van der Waals surface area contributed by atoms with Gasteiger partial charge in [0.1, 0.15) is 12.6 Å². The molecule has 1 aliphatic carbocycles. The van der Waals surface area contributed by atoms with Crippen LogP contribution in [0.1, 0.15) is 120 Å². The fraction of sp³-hybridized carbons (Fsp3) is 0.541. The Labute approximate surface area is 268 Å². The highest BCUT2D eigenvalue weighted by atomic mass is 16.7. The number of unbranched alkanes of at least 4 members (excludes halogenated alkanes) is 10. The first-order valence-corrected chi connectivity index (χ1v) is 16.9. The van der Waals surface area contributed by atoms with Crippen LogP contribution in [0.4, 0.5) is 4.79 Å². The molecule has 3 rings (SSSR count). The van der Waals surface area contributed by atoms with E-state index >= 15 is 0 Å². The molecular weight excluding hydrogens is 568 g/mol. The molecule has 3 N–H and O–H groups in total. The van der Waals surface area contributed by atoms with E-state index in [1.165, 1.54) is 38.5 Å². The number of fused-ring (bicyclic) bond motifs is 3. The maximum atomic E-state index is 12.5. The van der Waals surface area contributed by atoms with Gasteiger partial charge in [-0.15, -0.1) is 0 Å². The zero-order valence-electron chi connectivity index (χ0n) is 26.9. The van der Waals surface area contributed by atoms with Gasteiger partial charge in [0, 0.05) is 18.9 Å². The zero-order chi connectivity index (χ0) is 32.1. The number of aliphatic carboxylic acids is 1.